The summed E-state index contributed by atoms with van der Waals surface area (Å²) in [7, 11) is 1.65. The summed E-state index contributed by atoms with van der Waals surface area (Å²) in [6.07, 6.45) is 2.28. The maximum atomic E-state index is 5.09. The predicted octanol–water partition coefficient (Wildman–Crippen LogP) is 2.66. The molecule has 18 heavy (non-hydrogen) atoms. The molecule has 102 valence electrons. The van der Waals surface area contributed by atoms with Crippen LogP contribution in [0.5, 0.6) is 0 Å². The third kappa shape index (κ3) is 4.87. The molecule has 0 aliphatic rings. The molecule has 1 rings (SSSR count). The van der Waals surface area contributed by atoms with Gasteiger partial charge in [0.15, 0.2) is 5.82 Å². The van der Waals surface area contributed by atoms with E-state index in [2.05, 4.69) is 34.4 Å². The van der Waals surface area contributed by atoms with Crippen LogP contribution in [0.4, 0.5) is 11.6 Å². The molecule has 0 saturated heterocycles. The highest BCUT2D eigenvalue weighted by atomic mass is 16.5. The van der Waals surface area contributed by atoms with Crippen molar-refractivity contribution < 1.29 is 4.74 Å². The molecule has 0 radical (unpaired) electrons. The van der Waals surface area contributed by atoms with Crippen LogP contribution in [-0.2, 0) is 11.3 Å². The van der Waals surface area contributed by atoms with Crippen molar-refractivity contribution in [3.05, 3.63) is 11.9 Å². The lowest BCUT2D eigenvalue weighted by molar-refractivity contribution is 0.178. The molecule has 2 N–H and O–H groups in total. The molecular formula is C13H24N4O. The number of anilines is 2. The normalized spacial score (nSPS) is 12.2. The van der Waals surface area contributed by atoms with Gasteiger partial charge < -0.3 is 15.4 Å². The highest BCUT2D eigenvalue weighted by Gasteiger charge is 2.06. The van der Waals surface area contributed by atoms with Crippen LogP contribution >= 0.6 is 0 Å². The van der Waals surface area contributed by atoms with E-state index in [0.717, 1.165) is 31.0 Å². The summed E-state index contributed by atoms with van der Waals surface area (Å²) < 4.78 is 5.09. The molecule has 0 aromatic carbocycles. The first-order valence-electron chi connectivity index (χ1n) is 6.56. The minimum absolute atomic E-state index is 0.412. The van der Waals surface area contributed by atoms with Crippen LogP contribution in [0.1, 0.15) is 39.4 Å². The second-order valence-corrected chi connectivity index (χ2v) is 4.35. The topological polar surface area (TPSA) is 59.1 Å². The number of methoxy groups -OCH3 is 1. The van der Waals surface area contributed by atoms with Gasteiger partial charge in [0.25, 0.3) is 0 Å². The quantitative estimate of drug-likeness (QED) is 0.745. The van der Waals surface area contributed by atoms with Crippen molar-refractivity contribution in [3.63, 3.8) is 0 Å². The largest absolute Gasteiger partial charge is 0.377 e. The molecule has 1 unspecified atom stereocenters. The van der Waals surface area contributed by atoms with Crippen LogP contribution in [0, 0.1) is 0 Å². The van der Waals surface area contributed by atoms with Gasteiger partial charge in [0.05, 0.1) is 0 Å². The van der Waals surface area contributed by atoms with E-state index < -0.39 is 0 Å². The van der Waals surface area contributed by atoms with Crippen LogP contribution in [-0.4, -0.2) is 29.7 Å². The summed E-state index contributed by atoms with van der Waals surface area (Å²) in [6, 6.07) is 2.35. The average molecular weight is 252 g/mol. The van der Waals surface area contributed by atoms with Gasteiger partial charge in [-0.3, -0.25) is 0 Å². The Morgan fingerprint density at radius 3 is 2.61 bits per heavy atom. The molecule has 1 atom stereocenters. The maximum absolute atomic E-state index is 5.09. The first-order valence-corrected chi connectivity index (χ1v) is 6.56. The Bertz CT molecular complexity index is 333. The van der Waals surface area contributed by atoms with Crippen LogP contribution in [0.25, 0.3) is 0 Å². The molecule has 0 saturated carbocycles. The molecule has 5 nitrogen and oxygen atoms in total. The third-order valence-corrected chi connectivity index (χ3v) is 2.52. The zero-order valence-corrected chi connectivity index (χ0v) is 11.8. The second kappa shape index (κ2) is 7.87. The van der Waals surface area contributed by atoms with E-state index >= 15 is 0 Å². The molecule has 5 heteroatoms. The van der Waals surface area contributed by atoms with E-state index in [4.69, 9.17) is 4.74 Å². The minimum atomic E-state index is 0.412. The number of aromatic nitrogens is 2. The lowest BCUT2D eigenvalue weighted by Gasteiger charge is -2.15. The Kier molecular flexibility index (Phi) is 6.43. The highest BCUT2D eigenvalue weighted by molar-refractivity contribution is 5.47. The van der Waals surface area contributed by atoms with Gasteiger partial charge in [-0.1, -0.05) is 13.3 Å². The number of hydrogen-bond donors (Lipinski definition) is 2. The summed E-state index contributed by atoms with van der Waals surface area (Å²) in [4.78, 5) is 8.82. The number of rotatable bonds is 8. The fourth-order valence-electron chi connectivity index (χ4n) is 1.79. The van der Waals surface area contributed by atoms with E-state index in [-0.39, 0.29) is 0 Å². The van der Waals surface area contributed by atoms with Crippen LogP contribution in [0.15, 0.2) is 6.07 Å². The van der Waals surface area contributed by atoms with Crippen LogP contribution in [0.3, 0.4) is 0 Å². The number of ether oxygens (including phenoxy) is 1. The monoisotopic (exact) mass is 252 g/mol. The number of nitrogens with zero attached hydrogens (tertiary/aromatic N) is 2. The fraction of sp³-hybridized carbons (Fsp3) is 0.692. The van der Waals surface area contributed by atoms with Crippen LogP contribution < -0.4 is 10.6 Å². The van der Waals surface area contributed by atoms with Gasteiger partial charge >= 0.3 is 0 Å². The van der Waals surface area contributed by atoms with Gasteiger partial charge in [0, 0.05) is 25.8 Å². The molecule has 0 aliphatic heterocycles. The summed E-state index contributed by atoms with van der Waals surface area (Å²) in [6.45, 7) is 7.65. The first kappa shape index (κ1) is 14.7. The van der Waals surface area contributed by atoms with Gasteiger partial charge in [0.1, 0.15) is 18.2 Å². The number of nitrogens with one attached hydrogen (secondary N) is 2. The Morgan fingerprint density at radius 1 is 1.28 bits per heavy atom. The predicted molar refractivity (Wildman–Crippen MR) is 74.9 cm³/mol. The maximum Gasteiger partial charge on any atom is 0.158 e. The zero-order valence-electron chi connectivity index (χ0n) is 11.8. The highest BCUT2D eigenvalue weighted by Crippen LogP contribution is 2.14. The van der Waals surface area contributed by atoms with E-state index in [0.29, 0.717) is 18.5 Å². The van der Waals surface area contributed by atoms with Crippen molar-refractivity contribution in [2.24, 2.45) is 0 Å². The Hall–Kier alpha value is -1.36. The lowest BCUT2D eigenvalue weighted by atomic mass is 10.2. The average Bonchev–Trinajstić information content (AvgIpc) is 2.29. The van der Waals surface area contributed by atoms with Crippen LogP contribution in [0.2, 0.25) is 0 Å². The van der Waals surface area contributed by atoms with Gasteiger partial charge in [-0.25, -0.2) is 9.97 Å². The molecule has 1 aromatic heterocycles. The van der Waals surface area contributed by atoms with Crippen molar-refractivity contribution in [1.82, 2.24) is 9.97 Å². The summed E-state index contributed by atoms with van der Waals surface area (Å²) >= 11 is 0. The summed E-state index contributed by atoms with van der Waals surface area (Å²) in [5.41, 5.74) is 0. The summed E-state index contributed by atoms with van der Waals surface area (Å²) in [5, 5.41) is 6.60. The van der Waals surface area contributed by atoms with E-state index in [9.17, 15) is 0 Å². The summed E-state index contributed by atoms with van der Waals surface area (Å²) in [5.74, 6) is 2.39. The van der Waals surface area contributed by atoms with E-state index in [1.165, 1.54) is 0 Å². The molecule has 0 amide bonds. The molecule has 0 bridgehead atoms. The smallest absolute Gasteiger partial charge is 0.158 e. The molecule has 1 aromatic rings. The lowest BCUT2D eigenvalue weighted by Crippen LogP contribution is -2.17. The van der Waals surface area contributed by atoms with Gasteiger partial charge in [-0.15, -0.1) is 0 Å². The SMILES string of the molecule is CCCC(C)Nc1cc(NCC)nc(COC)n1. The molecule has 1 heterocycles. The fourth-order valence-corrected chi connectivity index (χ4v) is 1.79. The van der Waals surface area contributed by atoms with E-state index in [1.807, 2.05) is 13.0 Å². The van der Waals surface area contributed by atoms with Crippen molar-refractivity contribution in [1.29, 1.82) is 0 Å². The zero-order chi connectivity index (χ0) is 13.4. The number of hydrogen-bond acceptors (Lipinski definition) is 5. The molecule has 0 fully saturated rings. The second-order valence-electron chi connectivity index (χ2n) is 4.35. The Morgan fingerprint density at radius 2 is 2.00 bits per heavy atom. The molecule has 0 aliphatic carbocycles. The Balaban J connectivity index is 2.81. The van der Waals surface area contributed by atoms with Crippen molar-refractivity contribution in [3.8, 4) is 0 Å². The molecule has 0 spiro atoms. The van der Waals surface area contributed by atoms with Crippen molar-refractivity contribution >= 4 is 11.6 Å². The molecular weight excluding hydrogens is 228 g/mol. The van der Waals surface area contributed by atoms with Crippen molar-refractivity contribution in [2.75, 3.05) is 24.3 Å². The van der Waals surface area contributed by atoms with Gasteiger partial charge in [-0.05, 0) is 20.3 Å². The Labute approximate surface area is 109 Å². The van der Waals surface area contributed by atoms with Crippen molar-refractivity contribution in [2.45, 2.75) is 46.3 Å². The minimum Gasteiger partial charge on any atom is -0.377 e. The standard InChI is InChI=1S/C13H24N4O/c1-5-7-10(3)15-12-8-11(14-6-2)16-13(17-12)9-18-4/h8,10H,5-7,9H2,1-4H3,(H2,14,15,16,17). The van der Waals surface area contributed by atoms with Gasteiger partial charge in [-0.2, -0.15) is 0 Å². The third-order valence-electron chi connectivity index (χ3n) is 2.52. The first-order chi connectivity index (χ1) is 8.69. The van der Waals surface area contributed by atoms with E-state index in [1.54, 1.807) is 7.11 Å². The van der Waals surface area contributed by atoms with Gasteiger partial charge in [0.2, 0.25) is 0 Å².